The van der Waals surface area contributed by atoms with Gasteiger partial charge in [0, 0.05) is 0 Å². The maximum Gasteiger partial charge on any atom is 0.119 e. The van der Waals surface area contributed by atoms with Gasteiger partial charge in [-0.2, -0.15) is 0 Å². The van der Waals surface area contributed by atoms with Gasteiger partial charge in [-0.05, 0) is 48.9 Å². The lowest BCUT2D eigenvalue weighted by atomic mass is 9.89. The number of rotatable bonds is 6. The highest BCUT2D eigenvalue weighted by Gasteiger charge is 2.18. The van der Waals surface area contributed by atoms with E-state index in [9.17, 15) is 10.2 Å². The van der Waals surface area contributed by atoms with Crippen molar-refractivity contribution in [1.82, 2.24) is 0 Å². The van der Waals surface area contributed by atoms with E-state index in [4.69, 9.17) is 4.74 Å². The number of ether oxygens (including phenoxy) is 1. The Morgan fingerprint density at radius 3 is 2.39 bits per heavy atom. The molecule has 0 aliphatic heterocycles. The van der Waals surface area contributed by atoms with E-state index in [1.165, 1.54) is 11.1 Å². The van der Waals surface area contributed by atoms with Crippen molar-refractivity contribution < 1.29 is 14.9 Å². The molecular formula is C15H24O3. The minimum atomic E-state index is -0.684. The van der Waals surface area contributed by atoms with E-state index < -0.39 is 12.2 Å². The molecule has 3 atom stereocenters. The van der Waals surface area contributed by atoms with E-state index in [0.29, 0.717) is 6.42 Å². The molecule has 0 radical (unpaired) electrons. The van der Waals surface area contributed by atoms with Crippen molar-refractivity contribution in [2.24, 2.45) is 0 Å². The lowest BCUT2D eigenvalue weighted by Crippen LogP contribution is -2.24. The second kappa shape index (κ2) is 6.76. The molecule has 1 aromatic rings. The summed E-state index contributed by atoms with van der Waals surface area (Å²) in [5, 5.41) is 19.1. The zero-order valence-corrected chi connectivity index (χ0v) is 11.7. The summed E-state index contributed by atoms with van der Waals surface area (Å²) in [6.07, 6.45) is 0.140. The summed E-state index contributed by atoms with van der Waals surface area (Å²) >= 11 is 0. The molecule has 0 aliphatic carbocycles. The van der Waals surface area contributed by atoms with E-state index in [0.717, 1.165) is 12.2 Å². The molecule has 3 nitrogen and oxygen atoms in total. The predicted molar refractivity (Wildman–Crippen MR) is 73.1 cm³/mol. The molecule has 2 N–H and O–H groups in total. The lowest BCUT2D eigenvalue weighted by Gasteiger charge is -2.21. The third kappa shape index (κ3) is 3.72. The van der Waals surface area contributed by atoms with Gasteiger partial charge in [-0.15, -0.1) is 0 Å². The van der Waals surface area contributed by atoms with Crippen molar-refractivity contribution in [3.05, 3.63) is 29.3 Å². The zero-order valence-electron chi connectivity index (χ0n) is 11.7. The molecule has 102 valence electrons. The molecule has 0 fully saturated rings. The van der Waals surface area contributed by atoms with E-state index in [1.807, 2.05) is 12.1 Å². The van der Waals surface area contributed by atoms with Crippen LogP contribution < -0.4 is 4.74 Å². The average Bonchev–Trinajstić information content (AvgIpc) is 2.37. The molecule has 0 aromatic heterocycles. The van der Waals surface area contributed by atoms with Crippen LogP contribution in [0.15, 0.2) is 18.2 Å². The number of benzene rings is 1. The fourth-order valence-electron chi connectivity index (χ4n) is 2.18. The first kappa shape index (κ1) is 15.0. The maximum absolute atomic E-state index is 9.75. The van der Waals surface area contributed by atoms with Crippen molar-refractivity contribution in [3.63, 3.8) is 0 Å². The molecule has 3 heteroatoms. The second-order valence-electron chi connectivity index (χ2n) is 4.86. The van der Waals surface area contributed by atoms with Crippen molar-refractivity contribution in [2.45, 2.75) is 51.7 Å². The van der Waals surface area contributed by atoms with Gasteiger partial charge in [-0.25, -0.2) is 0 Å². The smallest absolute Gasteiger partial charge is 0.119 e. The molecular weight excluding hydrogens is 228 g/mol. The van der Waals surface area contributed by atoms with Crippen molar-refractivity contribution >= 4 is 0 Å². The summed E-state index contributed by atoms with van der Waals surface area (Å²) in [4.78, 5) is 0. The first-order chi connectivity index (χ1) is 8.49. The number of hydrogen-bond donors (Lipinski definition) is 2. The van der Waals surface area contributed by atoms with Crippen molar-refractivity contribution in [3.8, 4) is 5.75 Å². The number of aliphatic hydroxyl groups is 2. The molecule has 18 heavy (non-hydrogen) atoms. The highest BCUT2D eigenvalue weighted by Crippen LogP contribution is 2.28. The molecule has 3 unspecified atom stereocenters. The highest BCUT2D eigenvalue weighted by molar-refractivity contribution is 5.37. The van der Waals surface area contributed by atoms with Crippen molar-refractivity contribution in [1.29, 1.82) is 0 Å². The molecule has 0 amide bonds. The minimum Gasteiger partial charge on any atom is -0.497 e. The van der Waals surface area contributed by atoms with Gasteiger partial charge in [0.05, 0.1) is 19.3 Å². The largest absolute Gasteiger partial charge is 0.497 e. The molecule has 0 bridgehead atoms. The Hall–Kier alpha value is -1.06. The molecule has 0 aliphatic rings. The Morgan fingerprint density at radius 1 is 1.22 bits per heavy atom. The highest BCUT2D eigenvalue weighted by atomic mass is 16.5. The van der Waals surface area contributed by atoms with Crippen LogP contribution >= 0.6 is 0 Å². The Morgan fingerprint density at radius 2 is 1.89 bits per heavy atom. The van der Waals surface area contributed by atoms with E-state index in [-0.39, 0.29) is 5.92 Å². The number of aryl methyl sites for hydroxylation is 1. The molecule has 0 saturated carbocycles. The molecule has 0 saturated heterocycles. The fourth-order valence-corrected chi connectivity index (χ4v) is 2.18. The third-order valence-corrected chi connectivity index (χ3v) is 3.41. The number of methoxy groups -OCH3 is 1. The summed E-state index contributed by atoms with van der Waals surface area (Å²) in [6.45, 7) is 5.80. The van der Waals surface area contributed by atoms with Gasteiger partial charge in [0.1, 0.15) is 5.75 Å². The summed E-state index contributed by atoms with van der Waals surface area (Å²) < 4.78 is 5.22. The third-order valence-electron chi connectivity index (χ3n) is 3.41. The first-order valence-corrected chi connectivity index (χ1v) is 6.52. The van der Waals surface area contributed by atoms with Gasteiger partial charge >= 0.3 is 0 Å². The SMILES string of the molecule is CCc1cc(OC)ccc1C(C)CC(O)C(C)O. The number of hydrogen-bond acceptors (Lipinski definition) is 3. The van der Waals surface area contributed by atoms with Crippen LogP contribution in [0.1, 0.15) is 44.2 Å². The number of aliphatic hydroxyl groups excluding tert-OH is 2. The van der Waals surface area contributed by atoms with E-state index in [2.05, 4.69) is 19.9 Å². The standard InChI is InChI=1S/C15H24O3/c1-5-12-9-13(18-4)6-7-14(12)10(2)8-15(17)11(3)16/h6-7,9-11,15-17H,5,8H2,1-4H3. The Bertz CT molecular complexity index is 374. The monoisotopic (exact) mass is 252 g/mol. The van der Waals surface area contributed by atoms with Crippen LogP contribution in [0.3, 0.4) is 0 Å². The van der Waals surface area contributed by atoms with Gasteiger partial charge in [-0.3, -0.25) is 0 Å². The van der Waals surface area contributed by atoms with Crippen LogP contribution in [-0.4, -0.2) is 29.5 Å². The van der Waals surface area contributed by atoms with Crippen LogP contribution in [0.25, 0.3) is 0 Å². The normalized spacial score (nSPS) is 16.1. The van der Waals surface area contributed by atoms with E-state index >= 15 is 0 Å². The Labute approximate surface area is 109 Å². The van der Waals surface area contributed by atoms with Gasteiger partial charge in [-0.1, -0.05) is 19.9 Å². The zero-order chi connectivity index (χ0) is 13.7. The summed E-state index contributed by atoms with van der Waals surface area (Å²) in [5.74, 6) is 1.08. The van der Waals surface area contributed by atoms with Crippen LogP contribution in [0.4, 0.5) is 0 Å². The fraction of sp³-hybridized carbons (Fsp3) is 0.600. The quantitative estimate of drug-likeness (QED) is 0.818. The van der Waals surface area contributed by atoms with Crippen LogP contribution in [0.5, 0.6) is 5.75 Å². The van der Waals surface area contributed by atoms with Gasteiger partial charge in [0.2, 0.25) is 0 Å². The van der Waals surface area contributed by atoms with Crippen LogP contribution in [-0.2, 0) is 6.42 Å². The maximum atomic E-state index is 9.75. The summed E-state index contributed by atoms with van der Waals surface area (Å²) in [5.41, 5.74) is 2.46. The Kier molecular flexibility index (Phi) is 5.63. The minimum absolute atomic E-state index is 0.218. The van der Waals surface area contributed by atoms with Gasteiger partial charge < -0.3 is 14.9 Å². The molecule has 0 heterocycles. The van der Waals surface area contributed by atoms with Crippen LogP contribution in [0, 0.1) is 0 Å². The molecule has 1 rings (SSSR count). The van der Waals surface area contributed by atoms with Crippen LogP contribution in [0.2, 0.25) is 0 Å². The average molecular weight is 252 g/mol. The van der Waals surface area contributed by atoms with Gasteiger partial charge in [0.25, 0.3) is 0 Å². The topological polar surface area (TPSA) is 49.7 Å². The Balaban J connectivity index is 2.87. The predicted octanol–water partition coefficient (Wildman–Crippen LogP) is 2.49. The van der Waals surface area contributed by atoms with E-state index in [1.54, 1.807) is 14.0 Å². The molecule has 1 aromatic carbocycles. The second-order valence-corrected chi connectivity index (χ2v) is 4.86. The molecule has 0 spiro atoms. The first-order valence-electron chi connectivity index (χ1n) is 6.52. The summed E-state index contributed by atoms with van der Waals surface area (Å²) in [6, 6.07) is 6.04. The lowest BCUT2D eigenvalue weighted by molar-refractivity contribution is 0.0227. The van der Waals surface area contributed by atoms with Crippen molar-refractivity contribution in [2.75, 3.05) is 7.11 Å². The summed E-state index contributed by atoms with van der Waals surface area (Å²) in [7, 11) is 1.66. The van der Waals surface area contributed by atoms with Gasteiger partial charge in [0.15, 0.2) is 0 Å².